The van der Waals surface area contributed by atoms with Crippen molar-refractivity contribution in [3.63, 3.8) is 0 Å². The van der Waals surface area contributed by atoms with E-state index >= 15 is 0 Å². The highest BCUT2D eigenvalue weighted by Crippen LogP contribution is 2.41. The maximum atomic E-state index is 12.5. The van der Waals surface area contributed by atoms with Crippen LogP contribution in [-0.4, -0.2) is 22.0 Å². The van der Waals surface area contributed by atoms with E-state index in [1.165, 1.54) is 23.9 Å². The van der Waals surface area contributed by atoms with Crippen LogP contribution in [0.1, 0.15) is 50.9 Å². The summed E-state index contributed by atoms with van der Waals surface area (Å²) < 4.78 is 0. The third-order valence-corrected chi connectivity index (χ3v) is 4.06. The minimum atomic E-state index is -1.14. The zero-order valence-electron chi connectivity index (χ0n) is 12.8. The molecule has 1 aliphatic rings. The van der Waals surface area contributed by atoms with Crippen LogP contribution in [0.3, 0.4) is 0 Å². The number of pyridine rings is 1. The number of hydrogen-bond donors (Lipinski definition) is 2. The van der Waals surface area contributed by atoms with Gasteiger partial charge >= 0.3 is 5.97 Å². The van der Waals surface area contributed by atoms with Crippen LogP contribution in [0, 0.1) is 12.8 Å². The van der Waals surface area contributed by atoms with E-state index in [1.807, 2.05) is 31.2 Å². The van der Waals surface area contributed by atoms with E-state index in [0.717, 1.165) is 18.4 Å². The number of nitrogens with zero attached hydrogens (tertiary/aromatic N) is 1. The number of aromatic carboxylic acids is 1. The van der Waals surface area contributed by atoms with Gasteiger partial charge in [-0.05, 0) is 43.4 Å². The van der Waals surface area contributed by atoms with Gasteiger partial charge < -0.3 is 10.4 Å². The second-order valence-electron chi connectivity index (χ2n) is 5.93. The monoisotopic (exact) mass is 310 g/mol. The summed E-state index contributed by atoms with van der Waals surface area (Å²) in [7, 11) is 0. The molecule has 1 aromatic carbocycles. The predicted octanol–water partition coefficient (Wildman–Crippen LogP) is 2.97. The van der Waals surface area contributed by atoms with Gasteiger partial charge in [0.05, 0.1) is 6.04 Å². The second-order valence-corrected chi connectivity index (χ2v) is 5.93. The number of carbonyl (C=O) groups excluding carboxylic acids is 1. The molecule has 1 heterocycles. The lowest BCUT2D eigenvalue weighted by Gasteiger charge is -2.19. The van der Waals surface area contributed by atoms with Gasteiger partial charge in [-0.2, -0.15) is 0 Å². The number of aryl methyl sites for hydroxylation is 1. The lowest BCUT2D eigenvalue weighted by molar-refractivity contribution is 0.0690. The van der Waals surface area contributed by atoms with Gasteiger partial charge in [0.25, 0.3) is 5.91 Å². The van der Waals surface area contributed by atoms with E-state index < -0.39 is 5.97 Å². The van der Waals surface area contributed by atoms with Gasteiger partial charge in [-0.15, -0.1) is 0 Å². The van der Waals surface area contributed by atoms with Gasteiger partial charge in [-0.25, -0.2) is 9.78 Å². The summed E-state index contributed by atoms with van der Waals surface area (Å²) in [5, 5.41) is 12.0. The standard InChI is InChI=1S/C18H18N2O3/c1-11-2-4-12(5-3-11)16(13-6-7-13)20-17(21)14-8-9-19-15(10-14)18(22)23/h2-5,8-10,13,16H,6-7H2,1H3,(H,20,21)(H,22,23). The van der Waals surface area contributed by atoms with Crippen LogP contribution in [0.4, 0.5) is 0 Å². The fourth-order valence-corrected chi connectivity index (χ4v) is 2.59. The van der Waals surface area contributed by atoms with Crippen molar-refractivity contribution in [1.29, 1.82) is 0 Å². The molecule has 1 fully saturated rings. The largest absolute Gasteiger partial charge is 0.477 e. The number of carbonyl (C=O) groups is 2. The van der Waals surface area contributed by atoms with Crippen molar-refractivity contribution < 1.29 is 14.7 Å². The number of carboxylic acid groups (broad SMARTS) is 1. The molecule has 1 amide bonds. The number of hydrogen-bond acceptors (Lipinski definition) is 3. The van der Waals surface area contributed by atoms with Crippen LogP contribution in [0.2, 0.25) is 0 Å². The topological polar surface area (TPSA) is 79.3 Å². The van der Waals surface area contributed by atoms with E-state index in [9.17, 15) is 9.59 Å². The number of aromatic nitrogens is 1. The molecular formula is C18H18N2O3. The maximum absolute atomic E-state index is 12.5. The second kappa shape index (κ2) is 6.20. The third kappa shape index (κ3) is 3.56. The molecule has 1 saturated carbocycles. The van der Waals surface area contributed by atoms with Crippen molar-refractivity contribution in [2.24, 2.45) is 5.92 Å². The van der Waals surface area contributed by atoms with Crippen molar-refractivity contribution in [3.8, 4) is 0 Å². The summed E-state index contributed by atoms with van der Waals surface area (Å²) in [5.74, 6) is -0.966. The number of amides is 1. The minimum Gasteiger partial charge on any atom is -0.477 e. The highest BCUT2D eigenvalue weighted by Gasteiger charge is 2.33. The summed E-state index contributed by atoms with van der Waals surface area (Å²) in [6.45, 7) is 2.03. The van der Waals surface area contributed by atoms with Crippen LogP contribution in [0.25, 0.3) is 0 Å². The molecule has 3 rings (SSSR count). The molecule has 1 unspecified atom stereocenters. The smallest absolute Gasteiger partial charge is 0.354 e. The summed E-state index contributed by atoms with van der Waals surface area (Å²) in [6, 6.07) is 10.9. The molecule has 1 aromatic heterocycles. The number of benzene rings is 1. The molecule has 1 aliphatic carbocycles. The summed E-state index contributed by atoms with van der Waals surface area (Å²) in [5.41, 5.74) is 2.44. The first-order chi connectivity index (χ1) is 11.0. The quantitative estimate of drug-likeness (QED) is 0.890. The Hall–Kier alpha value is -2.69. The SMILES string of the molecule is Cc1ccc(C(NC(=O)c2ccnc(C(=O)O)c2)C2CC2)cc1. The third-order valence-electron chi connectivity index (χ3n) is 4.06. The Morgan fingerprint density at radius 1 is 1.22 bits per heavy atom. The molecular weight excluding hydrogens is 292 g/mol. The Labute approximate surface area is 134 Å². The fourth-order valence-electron chi connectivity index (χ4n) is 2.59. The predicted molar refractivity (Wildman–Crippen MR) is 85.3 cm³/mol. The molecule has 23 heavy (non-hydrogen) atoms. The molecule has 2 N–H and O–H groups in total. The maximum Gasteiger partial charge on any atom is 0.354 e. The summed E-state index contributed by atoms with van der Waals surface area (Å²) in [4.78, 5) is 27.2. The zero-order valence-corrected chi connectivity index (χ0v) is 12.8. The first-order valence-corrected chi connectivity index (χ1v) is 7.61. The Morgan fingerprint density at radius 3 is 2.52 bits per heavy atom. The number of rotatable bonds is 5. The van der Waals surface area contributed by atoms with Gasteiger partial charge in [0.15, 0.2) is 0 Å². The Bertz CT molecular complexity index is 736. The van der Waals surface area contributed by atoms with Gasteiger partial charge in [-0.3, -0.25) is 4.79 Å². The number of carboxylic acids is 1. The van der Waals surface area contributed by atoms with Crippen LogP contribution >= 0.6 is 0 Å². The molecule has 0 bridgehead atoms. The average molecular weight is 310 g/mol. The molecule has 0 spiro atoms. The molecule has 118 valence electrons. The highest BCUT2D eigenvalue weighted by atomic mass is 16.4. The molecule has 0 aliphatic heterocycles. The van der Waals surface area contributed by atoms with E-state index in [2.05, 4.69) is 10.3 Å². The fraction of sp³-hybridized carbons (Fsp3) is 0.278. The summed E-state index contributed by atoms with van der Waals surface area (Å²) >= 11 is 0. The van der Waals surface area contributed by atoms with Crippen LogP contribution < -0.4 is 5.32 Å². The van der Waals surface area contributed by atoms with E-state index in [1.54, 1.807) is 0 Å². The van der Waals surface area contributed by atoms with Crippen molar-refractivity contribution in [1.82, 2.24) is 10.3 Å². The highest BCUT2D eigenvalue weighted by molar-refractivity contribution is 5.96. The Morgan fingerprint density at radius 2 is 1.91 bits per heavy atom. The molecule has 0 radical (unpaired) electrons. The van der Waals surface area contributed by atoms with E-state index in [4.69, 9.17) is 5.11 Å². The van der Waals surface area contributed by atoms with Crippen LogP contribution in [-0.2, 0) is 0 Å². The summed E-state index contributed by atoms with van der Waals surface area (Å²) in [6.07, 6.45) is 3.53. The lowest BCUT2D eigenvalue weighted by Crippen LogP contribution is -2.30. The van der Waals surface area contributed by atoms with Gasteiger partial charge in [0.1, 0.15) is 5.69 Å². The van der Waals surface area contributed by atoms with Crippen LogP contribution in [0.15, 0.2) is 42.6 Å². The average Bonchev–Trinajstić information content (AvgIpc) is 3.38. The Balaban J connectivity index is 1.80. The molecule has 5 nitrogen and oxygen atoms in total. The van der Waals surface area contributed by atoms with Crippen molar-refractivity contribution >= 4 is 11.9 Å². The molecule has 2 aromatic rings. The normalized spacial score (nSPS) is 15.0. The Kier molecular flexibility index (Phi) is 4.10. The zero-order chi connectivity index (χ0) is 16.4. The first kappa shape index (κ1) is 15.2. The van der Waals surface area contributed by atoms with Gasteiger partial charge in [0.2, 0.25) is 0 Å². The van der Waals surface area contributed by atoms with Crippen molar-refractivity contribution in [3.05, 3.63) is 65.0 Å². The minimum absolute atomic E-state index is 0.0375. The van der Waals surface area contributed by atoms with Crippen molar-refractivity contribution in [2.45, 2.75) is 25.8 Å². The molecule has 5 heteroatoms. The van der Waals surface area contributed by atoms with Crippen LogP contribution in [0.5, 0.6) is 0 Å². The molecule has 0 saturated heterocycles. The van der Waals surface area contributed by atoms with Crippen molar-refractivity contribution in [2.75, 3.05) is 0 Å². The lowest BCUT2D eigenvalue weighted by atomic mass is 10.0. The number of nitrogens with one attached hydrogen (secondary N) is 1. The first-order valence-electron chi connectivity index (χ1n) is 7.61. The van der Waals surface area contributed by atoms with Gasteiger partial charge in [-0.1, -0.05) is 29.8 Å². The van der Waals surface area contributed by atoms with E-state index in [0.29, 0.717) is 11.5 Å². The molecule has 1 atom stereocenters. The van der Waals surface area contributed by atoms with Gasteiger partial charge in [0, 0.05) is 11.8 Å². The van der Waals surface area contributed by atoms with E-state index in [-0.39, 0.29) is 17.6 Å².